The molecule has 5 heteroatoms. The Morgan fingerprint density at radius 1 is 1.22 bits per heavy atom. The quantitative estimate of drug-likeness (QED) is 0.357. The number of hydrogen-bond acceptors (Lipinski definition) is 4. The molecule has 1 aliphatic rings. The lowest BCUT2D eigenvalue weighted by Gasteiger charge is -2.22. The van der Waals surface area contributed by atoms with Gasteiger partial charge in [0.1, 0.15) is 0 Å². The Balaban J connectivity index is 1.88. The van der Waals surface area contributed by atoms with Crippen LogP contribution in [0, 0.1) is 0 Å². The highest BCUT2D eigenvalue weighted by atomic mass is 16.5. The zero-order chi connectivity index (χ0) is 19.6. The molecule has 146 valence electrons. The minimum atomic E-state index is -0.356. The van der Waals surface area contributed by atoms with E-state index in [4.69, 9.17) is 4.74 Å². The predicted molar refractivity (Wildman–Crippen MR) is 105 cm³/mol. The van der Waals surface area contributed by atoms with Crippen molar-refractivity contribution < 1.29 is 19.1 Å². The van der Waals surface area contributed by atoms with E-state index >= 15 is 0 Å². The van der Waals surface area contributed by atoms with E-state index in [1.54, 1.807) is 18.2 Å². The maximum absolute atomic E-state index is 12.2. The molecule has 2 rings (SSSR count). The van der Waals surface area contributed by atoms with Crippen LogP contribution < -0.4 is 0 Å². The molecule has 1 atom stereocenters. The lowest BCUT2D eigenvalue weighted by Crippen LogP contribution is -2.33. The van der Waals surface area contributed by atoms with Crippen molar-refractivity contribution >= 4 is 17.7 Å². The Bertz CT molecular complexity index is 678. The summed E-state index contributed by atoms with van der Waals surface area (Å²) in [4.78, 5) is 37.4. The highest BCUT2D eigenvalue weighted by molar-refractivity contribution is 5.90. The van der Waals surface area contributed by atoms with Crippen molar-refractivity contribution in [2.45, 2.75) is 57.9 Å². The van der Waals surface area contributed by atoms with E-state index in [0.29, 0.717) is 31.4 Å². The smallest absolute Gasteiger partial charge is 0.337 e. The number of rotatable bonds is 10. The summed E-state index contributed by atoms with van der Waals surface area (Å²) in [5.41, 5.74) is 1.57. The van der Waals surface area contributed by atoms with Crippen molar-refractivity contribution in [1.29, 1.82) is 0 Å². The lowest BCUT2D eigenvalue weighted by atomic mass is 10.1. The molecular formula is C22H29NO4. The Morgan fingerprint density at radius 2 is 1.96 bits per heavy atom. The number of ether oxygens (including phenoxy) is 1. The van der Waals surface area contributed by atoms with Gasteiger partial charge < -0.3 is 9.64 Å². The fourth-order valence-corrected chi connectivity index (χ4v) is 3.27. The van der Waals surface area contributed by atoms with Gasteiger partial charge in [0.15, 0.2) is 5.78 Å². The van der Waals surface area contributed by atoms with Gasteiger partial charge in [0.25, 0.3) is 0 Å². The number of hydrogen-bond donors (Lipinski definition) is 0. The van der Waals surface area contributed by atoms with E-state index < -0.39 is 0 Å². The van der Waals surface area contributed by atoms with Crippen LogP contribution in [-0.4, -0.2) is 42.3 Å². The summed E-state index contributed by atoms with van der Waals surface area (Å²) in [5, 5.41) is 0. The number of carbonyl (C=O) groups excluding carboxylic acids is 3. The highest BCUT2D eigenvalue weighted by Gasteiger charge is 2.28. The number of ketones is 1. The van der Waals surface area contributed by atoms with Gasteiger partial charge in [0.05, 0.1) is 18.7 Å². The molecule has 1 aromatic rings. The number of amides is 1. The molecule has 5 nitrogen and oxygen atoms in total. The maximum atomic E-state index is 12.2. The summed E-state index contributed by atoms with van der Waals surface area (Å²) in [6.07, 6.45) is 9.22. The van der Waals surface area contributed by atoms with Gasteiger partial charge in [-0.05, 0) is 43.0 Å². The first kappa shape index (κ1) is 20.9. The van der Waals surface area contributed by atoms with Crippen LogP contribution in [0.25, 0.3) is 0 Å². The van der Waals surface area contributed by atoms with Gasteiger partial charge in [0, 0.05) is 19.4 Å². The number of likely N-dealkylation sites (tertiary alicyclic amines) is 1. The average molecular weight is 371 g/mol. The van der Waals surface area contributed by atoms with Crippen molar-refractivity contribution in [1.82, 2.24) is 4.90 Å². The summed E-state index contributed by atoms with van der Waals surface area (Å²) in [5.74, 6) is -0.0829. The molecule has 1 aromatic carbocycles. The molecule has 0 spiro atoms. The van der Waals surface area contributed by atoms with E-state index in [9.17, 15) is 14.4 Å². The molecule has 1 heterocycles. The SMILES string of the molecule is CCCCCC(=O)/C=C/[C@H]1CCC(=O)N1CCc1ccc(C(=O)OC)cc1. The molecule has 0 bridgehead atoms. The van der Waals surface area contributed by atoms with Crippen LogP contribution in [0.2, 0.25) is 0 Å². The summed E-state index contributed by atoms with van der Waals surface area (Å²) in [6.45, 7) is 2.72. The number of methoxy groups -OCH3 is 1. The van der Waals surface area contributed by atoms with Crippen molar-refractivity contribution in [3.8, 4) is 0 Å². The number of unbranched alkanes of at least 4 members (excludes halogenated alkanes) is 2. The third-order valence-electron chi connectivity index (χ3n) is 4.92. The summed E-state index contributed by atoms with van der Waals surface area (Å²) in [7, 11) is 1.36. The van der Waals surface area contributed by atoms with Crippen LogP contribution in [0.3, 0.4) is 0 Å². The molecule has 1 saturated heterocycles. The first-order valence-corrected chi connectivity index (χ1v) is 9.73. The van der Waals surface area contributed by atoms with Gasteiger partial charge in [-0.3, -0.25) is 9.59 Å². The van der Waals surface area contributed by atoms with E-state index in [2.05, 4.69) is 6.92 Å². The number of esters is 1. The van der Waals surface area contributed by atoms with E-state index in [-0.39, 0.29) is 23.7 Å². The standard InChI is InChI=1S/C22H29NO4/c1-3-4-5-6-20(24)13-11-19-12-14-21(25)23(19)16-15-17-7-9-18(10-8-17)22(26)27-2/h7-11,13,19H,3-6,12,14-16H2,1-2H3/b13-11+/t19-/m0/s1. The van der Waals surface area contributed by atoms with Gasteiger partial charge in [-0.25, -0.2) is 4.79 Å². The Hall–Kier alpha value is -2.43. The summed E-state index contributed by atoms with van der Waals surface area (Å²) in [6, 6.07) is 7.24. The molecule has 0 aliphatic carbocycles. The van der Waals surface area contributed by atoms with Crippen molar-refractivity contribution in [3.63, 3.8) is 0 Å². The lowest BCUT2D eigenvalue weighted by molar-refractivity contribution is -0.128. The molecule has 1 aliphatic heterocycles. The Morgan fingerprint density at radius 3 is 2.63 bits per heavy atom. The van der Waals surface area contributed by atoms with Gasteiger partial charge >= 0.3 is 5.97 Å². The average Bonchev–Trinajstić information content (AvgIpc) is 3.04. The Labute approximate surface area is 161 Å². The van der Waals surface area contributed by atoms with Crippen molar-refractivity contribution in [2.24, 2.45) is 0 Å². The van der Waals surface area contributed by atoms with Crippen LogP contribution >= 0.6 is 0 Å². The molecule has 0 saturated carbocycles. The number of carbonyl (C=O) groups is 3. The molecule has 1 fully saturated rings. The molecular weight excluding hydrogens is 342 g/mol. The van der Waals surface area contributed by atoms with Crippen molar-refractivity contribution in [3.05, 3.63) is 47.5 Å². The van der Waals surface area contributed by atoms with E-state index in [1.165, 1.54) is 7.11 Å². The zero-order valence-corrected chi connectivity index (χ0v) is 16.3. The Kier molecular flexibility index (Phi) is 8.24. The number of benzene rings is 1. The highest BCUT2D eigenvalue weighted by Crippen LogP contribution is 2.21. The second kappa shape index (κ2) is 10.7. The second-order valence-electron chi connectivity index (χ2n) is 6.91. The molecule has 1 amide bonds. The third kappa shape index (κ3) is 6.35. The third-order valence-corrected chi connectivity index (χ3v) is 4.92. The molecule has 0 N–H and O–H groups in total. The first-order chi connectivity index (χ1) is 13.0. The van der Waals surface area contributed by atoms with Crippen LogP contribution in [0.5, 0.6) is 0 Å². The minimum Gasteiger partial charge on any atom is -0.465 e. The van der Waals surface area contributed by atoms with Crippen molar-refractivity contribution in [2.75, 3.05) is 13.7 Å². The summed E-state index contributed by atoms with van der Waals surface area (Å²) < 4.78 is 4.70. The minimum absolute atomic E-state index is 0.00182. The monoisotopic (exact) mass is 371 g/mol. The van der Waals surface area contributed by atoms with Gasteiger partial charge in [0.2, 0.25) is 5.91 Å². The van der Waals surface area contributed by atoms with Gasteiger partial charge in [-0.1, -0.05) is 38.0 Å². The normalized spacial score (nSPS) is 16.9. The maximum Gasteiger partial charge on any atom is 0.337 e. The summed E-state index contributed by atoms with van der Waals surface area (Å²) >= 11 is 0. The van der Waals surface area contributed by atoms with Gasteiger partial charge in [-0.2, -0.15) is 0 Å². The first-order valence-electron chi connectivity index (χ1n) is 9.73. The van der Waals surface area contributed by atoms with E-state index in [1.807, 2.05) is 23.1 Å². The fraction of sp³-hybridized carbons (Fsp3) is 0.500. The number of allylic oxidation sites excluding steroid dienone is 1. The number of nitrogens with zero attached hydrogens (tertiary/aromatic N) is 1. The van der Waals surface area contributed by atoms with Crippen LogP contribution in [0.15, 0.2) is 36.4 Å². The molecule has 27 heavy (non-hydrogen) atoms. The predicted octanol–water partition coefficient (Wildman–Crippen LogP) is 3.71. The molecule has 0 radical (unpaired) electrons. The topological polar surface area (TPSA) is 63.7 Å². The van der Waals surface area contributed by atoms with Crippen LogP contribution in [0.4, 0.5) is 0 Å². The fourth-order valence-electron chi connectivity index (χ4n) is 3.27. The van der Waals surface area contributed by atoms with Gasteiger partial charge in [-0.15, -0.1) is 0 Å². The molecule has 0 unspecified atom stereocenters. The largest absolute Gasteiger partial charge is 0.465 e. The zero-order valence-electron chi connectivity index (χ0n) is 16.3. The van der Waals surface area contributed by atoms with Crippen LogP contribution in [-0.2, 0) is 20.7 Å². The molecule has 0 aromatic heterocycles. The second-order valence-corrected chi connectivity index (χ2v) is 6.91. The van der Waals surface area contributed by atoms with Crippen LogP contribution in [0.1, 0.15) is 61.4 Å². The van der Waals surface area contributed by atoms with E-state index in [0.717, 1.165) is 31.2 Å².